The van der Waals surface area contributed by atoms with Crippen LogP contribution in [0.1, 0.15) is 25.7 Å². The van der Waals surface area contributed by atoms with Crippen molar-refractivity contribution in [2.45, 2.75) is 31.7 Å². The molecular weight excluding hydrogens is 162 g/mol. The average molecular weight is 179 g/mol. The van der Waals surface area contributed by atoms with E-state index in [0.29, 0.717) is 0 Å². The molecule has 2 aliphatic heterocycles. The van der Waals surface area contributed by atoms with E-state index in [2.05, 4.69) is 11.1 Å². The molecule has 3 nitrogen and oxygen atoms in total. The maximum Gasteiger partial charge on any atom is 0.179 e. The first kappa shape index (κ1) is 8.83. The van der Waals surface area contributed by atoms with Crippen LogP contribution in [0.5, 0.6) is 0 Å². The van der Waals surface area contributed by atoms with Crippen LogP contribution < -0.4 is 0 Å². The van der Waals surface area contributed by atoms with E-state index in [1.54, 1.807) is 0 Å². The Morgan fingerprint density at radius 2 is 1.62 bits per heavy atom. The van der Waals surface area contributed by atoms with Crippen molar-refractivity contribution in [3.05, 3.63) is 0 Å². The highest BCUT2D eigenvalue weighted by Crippen LogP contribution is 2.20. The fourth-order valence-corrected chi connectivity index (χ4v) is 2.44. The zero-order valence-corrected chi connectivity index (χ0v) is 8.08. The van der Waals surface area contributed by atoms with Gasteiger partial charge in [-0.2, -0.15) is 5.26 Å². The van der Waals surface area contributed by atoms with E-state index in [0.717, 1.165) is 19.1 Å². The van der Waals surface area contributed by atoms with Crippen LogP contribution in [0, 0.1) is 11.5 Å². The van der Waals surface area contributed by atoms with E-state index >= 15 is 0 Å². The minimum absolute atomic E-state index is 0.770. The van der Waals surface area contributed by atoms with Crippen molar-refractivity contribution in [2.75, 3.05) is 26.2 Å². The third-order valence-corrected chi connectivity index (χ3v) is 3.26. The summed E-state index contributed by atoms with van der Waals surface area (Å²) in [6, 6.07) is 0.770. The Labute approximate surface area is 79.9 Å². The van der Waals surface area contributed by atoms with Crippen LogP contribution in [-0.4, -0.2) is 42.0 Å². The summed E-state index contributed by atoms with van der Waals surface area (Å²) in [5, 5.41) is 8.70. The highest BCUT2D eigenvalue weighted by atomic mass is 15.2. The second-order valence-electron chi connectivity index (χ2n) is 4.06. The number of hydrogen-bond acceptors (Lipinski definition) is 3. The Hall–Kier alpha value is -0.750. The number of nitriles is 1. The molecule has 0 unspecified atom stereocenters. The molecule has 2 fully saturated rings. The van der Waals surface area contributed by atoms with Crippen molar-refractivity contribution < 1.29 is 0 Å². The van der Waals surface area contributed by atoms with Crippen LogP contribution >= 0.6 is 0 Å². The third-order valence-electron chi connectivity index (χ3n) is 3.26. The van der Waals surface area contributed by atoms with Gasteiger partial charge in [-0.1, -0.05) is 0 Å². The molecule has 0 aromatic rings. The van der Waals surface area contributed by atoms with Gasteiger partial charge in [-0.3, -0.25) is 0 Å². The highest BCUT2D eigenvalue weighted by Gasteiger charge is 2.25. The Kier molecular flexibility index (Phi) is 2.70. The van der Waals surface area contributed by atoms with Crippen LogP contribution in [0.2, 0.25) is 0 Å². The van der Waals surface area contributed by atoms with E-state index in [1.165, 1.54) is 38.8 Å². The summed E-state index contributed by atoms with van der Waals surface area (Å²) in [6.07, 6.45) is 7.35. The van der Waals surface area contributed by atoms with Crippen molar-refractivity contribution >= 4 is 0 Å². The molecule has 0 atom stereocenters. The molecule has 0 N–H and O–H groups in total. The van der Waals surface area contributed by atoms with Crippen molar-refractivity contribution in [1.82, 2.24) is 9.80 Å². The monoisotopic (exact) mass is 179 g/mol. The van der Waals surface area contributed by atoms with E-state index in [-0.39, 0.29) is 0 Å². The fourth-order valence-electron chi connectivity index (χ4n) is 2.44. The summed E-state index contributed by atoms with van der Waals surface area (Å²) in [6.45, 7) is 4.52. The molecule has 0 bridgehead atoms. The van der Waals surface area contributed by atoms with Crippen LogP contribution in [0.4, 0.5) is 0 Å². The number of hydrogen-bond donors (Lipinski definition) is 0. The van der Waals surface area contributed by atoms with Crippen LogP contribution in [0.15, 0.2) is 0 Å². The van der Waals surface area contributed by atoms with Gasteiger partial charge in [0, 0.05) is 19.1 Å². The Balaban J connectivity index is 1.81. The summed E-state index contributed by atoms with van der Waals surface area (Å²) >= 11 is 0. The minimum Gasteiger partial charge on any atom is -0.311 e. The summed E-state index contributed by atoms with van der Waals surface area (Å²) in [5.74, 6) is 0. The van der Waals surface area contributed by atoms with Gasteiger partial charge in [-0.05, 0) is 38.8 Å². The zero-order valence-electron chi connectivity index (χ0n) is 8.08. The second kappa shape index (κ2) is 3.97. The van der Waals surface area contributed by atoms with Crippen LogP contribution in [0.25, 0.3) is 0 Å². The molecule has 13 heavy (non-hydrogen) atoms. The standard InChI is InChI=1S/C10H17N3/c11-9-12-7-3-10(4-8-12)13-5-1-2-6-13/h10H,1-8H2. The molecule has 0 aromatic carbocycles. The van der Waals surface area contributed by atoms with Crippen molar-refractivity contribution in [2.24, 2.45) is 0 Å². The Morgan fingerprint density at radius 3 is 2.15 bits per heavy atom. The molecule has 0 aliphatic carbocycles. The number of likely N-dealkylation sites (tertiary alicyclic amines) is 2. The van der Waals surface area contributed by atoms with Gasteiger partial charge in [0.15, 0.2) is 6.19 Å². The number of piperidine rings is 1. The van der Waals surface area contributed by atoms with Crippen LogP contribution in [0.3, 0.4) is 0 Å². The van der Waals surface area contributed by atoms with Crippen molar-refractivity contribution in [3.63, 3.8) is 0 Å². The lowest BCUT2D eigenvalue weighted by Gasteiger charge is -2.34. The third kappa shape index (κ3) is 1.94. The van der Waals surface area contributed by atoms with Gasteiger partial charge in [0.05, 0.1) is 0 Å². The number of rotatable bonds is 1. The lowest BCUT2D eigenvalue weighted by Crippen LogP contribution is -2.42. The quantitative estimate of drug-likeness (QED) is 0.563. The van der Waals surface area contributed by atoms with Crippen LogP contribution in [-0.2, 0) is 0 Å². The summed E-state index contributed by atoms with van der Waals surface area (Å²) < 4.78 is 0. The fraction of sp³-hybridized carbons (Fsp3) is 0.900. The SMILES string of the molecule is N#CN1CCC(N2CCCC2)CC1. The van der Waals surface area contributed by atoms with E-state index < -0.39 is 0 Å². The molecule has 2 heterocycles. The molecule has 0 radical (unpaired) electrons. The van der Waals surface area contributed by atoms with Gasteiger partial charge in [-0.25, -0.2) is 0 Å². The predicted molar refractivity (Wildman–Crippen MR) is 51.0 cm³/mol. The van der Waals surface area contributed by atoms with Gasteiger partial charge < -0.3 is 9.80 Å². The first-order valence-electron chi connectivity index (χ1n) is 5.29. The van der Waals surface area contributed by atoms with Gasteiger partial charge in [0.1, 0.15) is 0 Å². The summed E-state index contributed by atoms with van der Waals surface area (Å²) in [4.78, 5) is 4.49. The maximum atomic E-state index is 8.70. The normalized spacial score (nSPS) is 26.2. The lowest BCUT2D eigenvalue weighted by molar-refractivity contribution is 0.158. The van der Waals surface area contributed by atoms with Gasteiger partial charge >= 0.3 is 0 Å². The molecule has 0 aromatic heterocycles. The van der Waals surface area contributed by atoms with Gasteiger partial charge in [0.2, 0.25) is 0 Å². The van der Waals surface area contributed by atoms with Gasteiger partial charge in [0.25, 0.3) is 0 Å². The van der Waals surface area contributed by atoms with E-state index in [9.17, 15) is 0 Å². The zero-order chi connectivity index (χ0) is 9.10. The highest BCUT2D eigenvalue weighted by molar-refractivity contribution is 4.86. The molecule has 72 valence electrons. The van der Waals surface area contributed by atoms with E-state index in [4.69, 9.17) is 5.26 Å². The predicted octanol–water partition coefficient (Wildman–Crippen LogP) is 1.03. The summed E-state index contributed by atoms with van der Waals surface area (Å²) in [7, 11) is 0. The first-order chi connectivity index (χ1) is 6.40. The molecule has 2 saturated heterocycles. The lowest BCUT2D eigenvalue weighted by atomic mass is 10.0. The molecule has 0 amide bonds. The average Bonchev–Trinajstić information content (AvgIpc) is 2.71. The summed E-state index contributed by atoms with van der Waals surface area (Å²) in [5.41, 5.74) is 0. The van der Waals surface area contributed by atoms with E-state index in [1.807, 2.05) is 4.90 Å². The molecule has 0 saturated carbocycles. The van der Waals surface area contributed by atoms with Gasteiger partial charge in [-0.15, -0.1) is 0 Å². The molecule has 2 rings (SSSR count). The molecule has 2 aliphatic rings. The molecular formula is C10H17N3. The largest absolute Gasteiger partial charge is 0.311 e. The molecule has 0 spiro atoms. The maximum absolute atomic E-state index is 8.70. The molecule has 3 heteroatoms. The van der Waals surface area contributed by atoms with Crippen molar-refractivity contribution in [1.29, 1.82) is 5.26 Å². The Bertz CT molecular complexity index is 195. The topological polar surface area (TPSA) is 30.3 Å². The number of nitrogens with zero attached hydrogens (tertiary/aromatic N) is 3. The first-order valence-corrected chi connectivity index (χ1v) is 5.29. The smallest absolute Gasteiger partial charge is 0.179 e. The Morgan fingerprint density at radius 1 is 1.00 bits per heavy atom. The van der Waals surface area contributed by atoms with Crippen molar-refractivity contribution in [3.8, 4) is 6.19 Å². The second-order valence-corrected chi connectivity index (χ2v) is 4.06. The minimum atomic E-state index is 0.770.